The molecule has 1 aliphatic heterocycles. The molecule has 1 unspecified atom stereocenters. The number of likely N-dealkylation sites (N-methyl/N-ethyl adjacent to an activating group) is 1. The van der Waals surface area contributed by atoms with Crippen molar-refractivity contribution in [3.8, 4) is 0 Å². The summed E-state index contributed by atoms with van der Waals surface area (Å²) in [5.74, 6) is 0.654. The lowest BCUT2D eigenvalue weighted by Crippen LogP contribution is -2.30. The highest BCUT2D eigenvalue weighted by molar-refractivity contribution is 5.09. The Labute approximate surface area is 104 Å². The summed E-state index contributed by atoms with van der Waals surface area (Å²) in [6, 6.07) is 0.607. The molecular formula is C13H24N4. The minimum Gasteiger partial charge on any atom is -0.333 e. The summed E-state index contributed by atoms with van der Waals surface area (Å²) in [6.45, 7) is 8.83. The Morgan fingerprint density at radius 3 is 3.06 bits per heavy atom. The number of aromatic nitrogens is 2. The van der Waals surface area contributed by atoms with Gasteiger partial charge >= 0.3 is 0 Å². The molecule has 1 saturated heterocycles. The minimum absolute atomic E-state index is 0.607. The molecule has 0 spiro atoms. The van der Waals surface area contributed by atoms with Crippen molar-refractivity contribution in [3.63, 3.8) is 0 Å². The third-order valence-corrected chi connectivity index (χ3v) is 3.80. The van der Waals surface area contributed by atoms with E-state index in [0.29, 0.717) is 12.0 Å². The SMILES string of the molecule is CC(C)N(C)CCn1cncc1C1CCNC1. The summed E-state index contributed by atoms with van der Waals surface area (Å²) in [4.78, 5) is 6.68. The molecule has 1 aromatic heterocycles. The van der Waals surface area contributed by atoms with Gasteiger partial charge in [0.25, 0.3) is 0 Å². The Balaban J connectivity index is 1.94. The molecule has 0 aliphatic carbocycles. The topological polar surface area (TPSA) is 33.1 Å². The van der Waals surface area contributed by atoms with Gasteiger partial charge in [0.1, 0.15) is 0 Å². The van der Waals surface area contributed by atoms with Crippen LogP contribution >= 0.6 is 0 Å². The summed E-state index contributed by atoms with van der Waals surface area (Å²) in [5, 5.41) is 3.42. The number of hydrogen-bond donors (Lipinski definition) is 1. The highest BCUT2D eigenvalue weighted by atomic mass is 15.2. The van der Waals surface area contributed by atoms with Gasteiger partial charge in [-0.15, -0.1) is 0 Å². The van der Waals surface area contributed by atoms with Crippen molar-refractivity contribution in [2.24, 2.45) is 0 Å². The number of hydrogen-bond acceptors (Lipinski definition) is 3. The molecule has 4 nitrogen and oxygen atoms in total. The van der Waals surface area contributed by atoms with Crippen molar-refractivity contribution in [1.82, 2.24) is 19.8 Å². The van der Waals surface area contributed by atoms with Crippen LogP contribution < -0.4 is 5.32 Å². The second-order valence-electron chi connectivity index (χ2n) is 5.28. The van der Waals surface area contributed by atoms with Crippen molar-refractivity contribution in [2.45, 2.75) is 38.8 Å². The van der Waals surface area contributed by atoms with Crippen LogP contribution in [0.1, 0.15) is 31.9 Å². The van der Waals surface area contributed by atoms with Gasteiger partial charge in [0.05, 0.1) is 6.33 Å². The molecule has 1 aliphatic rings. The van der Waals surface area contributed by atoms with Crippen LogP contribution in [0.25, 0.3) is 0 Å². The second kappa shape index (κ2) is 5.65. The van der Waals surface area contributed by atoms with E-state index in [1.165, 1.54) is 12.1 Å². The van der Waals surface area contributed by atoms with Gasteiger partial charge in [0.2, 0.25) is 0 Å². The molecule has 2 rings (SSSR count). The average molecular weight is 236 g/mol. The van der Waals surface area contributed by atoms with Crippen LogP contribution in [-0.4, -0.2) is 47.2 Å². The predicted octanol–water partition coefficient (Wildman–Crippen LogP) is 1.30. The lowest BCUT2D eigenvalue weighted by atomic mass is 10.1. The largest absolute Gasteiger partial charge is 0.333 e. The monoisotopic (exact) mass is 236 g/mol. The normalized spacial score (nSPS) is 20.6. The maximum Gasteiger partial charge on any atom is 0.0948 e. The third kappa shape index (κ3) is 3.07. The molecule has 96 valence electrons. The summed E-state index contributed by atoms with van der Waals surface area (Å²) >= 11 is 0. The maximum absolute atomic E-state index is 4.31. The van der Waals surface area contributed by atoms with Crippen LogP contribution in [-0.2, 0) is 6.54 Å². The first-order valence-electron chi connectivity index (χ1n) is 6.59. The lowest BCUT2D eigenvalue weighted by molar-refractivity contribution is 0.261. The molecule has 1 aromatic rings. The summed E-state index contributed by atoms with van der Waals surface area (Å²) < 4.78 is 2.32. The van der Waals surface area contributed by atoms with E-state index in [-0.39, 0.29) is 0 Å². The molecule has 17 heavy (non-hydrogen) atoms. The smallest absolute Gasteiger partial charge is 0.0948 e. The Bertz CT molecular complexity index is 339. The Morgan fingerprint density at radius 2 is 2.41 bits per heavy atom. The van der Waals surface area contributed by atoms with Crippen LogP contribution in [0, 0.1) is 0 Å². The van der Waals surface area contributed by atoms with E-state index in [9.17, 15) is 0 Å². The number of rotatable bonds is 5. The molecule has 4 heteroatoms. The molecule has 1 fully saturated rings. The van der Waals surface area contributed by atoms with Crippen molar-refractivity contribution in [2.75, 3.05) is 26.7 Å². The molecule has 0 radical (unpaired) electrons. The van der Waals surface area contributed by atoms with Crippen LogP contribution in [0.2, 0.25) is 0 Å². The van der Waals surface area contributed by atoms with Crippen molar-refractivity contribution in [3.05, 3.63) is 18.2 Å². The van der Waals surface area contributed by atoms with E-state index in [1.807, 2.05) is 12.5 Å². The number of nitrogens with one attached hydrogen (secondary N) is 1. The summed E-state index contributed by atoms with van der Waals surface area (Å²) in [5.41, 5.74) is 1.40. The first-order valence-corrected chi connectivity index (χ1v) is 6.59. The first kappa shape index (κ1) is 12.6. The van der Waals surface area contributed by atoms with Gasteiger partial charge in [-0.25, -0.2) is 4.98 Å². The number of nitrogens with zero attached hydrogens (tertiary/aromatic N) is 3. The first-order chi connectivity index (χ1) is 8.18. The van der Waals surface area contributed by atoms with Gasteiger partial charge in [-0.2, -0.15) is 0 Å². The van der Waals surface area contributed by atoms with Crippen molar-refractivity contribution in [1.29, 1.82) is 0 Å². The molecule has 0 bridgehead atoms. The van der Waals surface area contributed by atoms with E-state index in [1.54, 1.807) is 0 Å². The Kier molecular flexibility index (Phi) is 4.18. The molecule has 1 atom stereocenters. The second-order valence-corrected chi connectivity index (χ2v) is 5.28. The fraction of sp³-hybridized carbons (Fsp3) is 0.769. The summed E-state index contributed by atoms with van der Waals surface area (Å²) in [6.07, 6.45) is 5.25. The standard InChI is InChI=1S/C13H24N4/c1-11(2)16(3)6-7-17-10-15-9-13(17)12-4-5-14-8-12/h9-12,14H,4-8H2,1-3H3. The van der Waals surface area contributed by atoms with E-state index in [4.69, 9.17) is 0 Å². The fourth-order valence-corrected chi connectivity index (χ4v) is 2.29. The highest BCUT2D eigenvalue weighted by Crippen LogP contribution is 2.21. The number of imidazole rings is 1. The Morgan fingerprint density at radius 1 is 1.59 bits per heavy atom. The maximum atomic E-state index is 4.31. The minimum atomic E-state index is 0.607. The summed E-state index contributed by atoms with van der Waals surface area (Å²) in [7, 11) is 2.18. The van der Waals surface area contributed by atoms with E-state index in [0.717, 1.165) is 26.2 Å². The van der Waals surface area contributed by atoms with Crippen LogP contribution in [0.4, 0.5) is 0 Å². The van der Waals surface area contributed by atoms with E-state index >= 15 is 0 Å². The lowest BCUT2D eigenvalue weighted by Gasteiger charge is -2.22. The van der Waals surface area contributed by atoms with Crippen molar-refractivity contribution >= 4 is 0 Å². The van der Waals surface area contributed by atoms with Crippen LogP contribution in [0.15, 0.2) is 12.5 Å². The molecule has 1 N–H and O–H groups in total. The Hall–Kier alpha value is -0.870. The third-order valence-electron chi connectivity index (χ3n) is 3.80. The highest BCUT2D eigenvalue weighted by Gasteiger charge is 2.20. The van der Waals surface area contributed by atoms with Crippen molar-refractivity contribution < 1.29 is 0 Å². The molecule has 0 aromatic carbocycles. The average Bonchev–Trinajstić information content (AvgIpc) is 2.95. The van der Waals surface area contributed by atoms with Crippen LogP contribution in [0.5, 0.6) is 0 Å². The molecule has 0 amide bonds. The van der Waals surface area contributed by atoms with Gasteiger partial charge in [0.15, 0.2) is 0 Å². The van der Waals surface area contributed by atoms with Gasteiger partial charge < -0.3 is 14.8 Å². The van der Waals surface area contributed by atoms with E-state index < -0.39 is 0 Å². The van der Waals surface area contributed by atoms with Gasteiger partial charge in [-0.3, -0.25) is 0 Å². The predicted molar refractivity (Wildman–Crippen MR) is 70.2 cm³/mol. The molecular weight excluding hydrogens is 212 g/mol. The molecule has 2 heterocycles. The fourth-order valence-electron chi connectivity index (χ4n) is 2.29. The zero-order valence-corrected chi connectivity index (χ0v) is 11.2. The molecule has 0 saturated carbocycles. The van der Waals surface area contributed by atoms with Gasteiger partial charge in [-0.1, -0.05) is 0 Å². The zero-order chi connectivity index (χ0) is 12.3. The van der Waals surface area contributed by atoms with Crippen LogP contribution in [0.3, 0.4) is 0 Å². The van der Waals surface area contributed by atoms with E-state index in [2.05, 4.69) is 40.7 Å². The van der Waals surface area contributed by atoms with Gasteiger partial charge in [-0.05, 0) is 33.9 Å². The van der Waals surface area contributed by atoms with Gasteiger partial charge in [0, 0.05) is 43.5 Å². The zero-order valence-electron chi connectivity index (χ0n) is 11.2. The quantitative estimate of drug-likeness (QED) is 0.836.